The van der Waals surface area contributed by atoms with Crippen LogP contribution >= 0.6 is 0 Å². The fourth-order valence-electron chi connectivity index (χ4n) is 1.11. The first-order valence-electron chi connectivity index (χ1n) is 3.43. The van der Waals surface area contributed by atoms with Gasteiger partial charge in [0.15, 0.2) is 6.54 Å². The van der Waals surface area contributed by atoms with Gasteiger partial charge in [-0.05, 0) is 18.2 Å². The molecular formula is C8H8N2O+. The number of aromatic hydroxyl groups is 1. The maximum absolute atomic E-state index is 9.11. The van der Waals surface area contributed by atoms with Crippen LogP contribution in [0.5, 0.6) is 5.75 Å². The van der Waals surface area contributed by atoms with E-state index in [9.17, 15) is 0 Å². The second kappa shape index (κ2) is 2.27. The maximum Gasteiger partial charge on any atom is 0.278 e. The predicted octanol–water partition coefficient (Wildman–Crippen LogP) is 0.682. The average Bonchev–Trinajstić information content (AvgIpc) is 2.04. The zero-order chi connectivity index (χ0) is 7.68. The van der Waals surface area contributed by atoms with Crippen molar-refractivity contribution < 1.29 is 5.11 Å². The van der Waals surface area contributed by atoms with Crippen LogP contribution in [0.4, 0.5) is 5.69 Å². The van der Waals surface area contributed by atoms with Crippen LogP contribution in [0.1, 0.15) is 5.56 Å². The lowest BCUT2D eigenvalue weighted by Crippen LogP contribution is -2.11. The quantitative estimate of drug-likeness (QED) is 0.531. The highest BCUT2D eigenvalue weighted by atomic mass is 16.3. The van der Waals surface area contributed by atoms with E-state index in [4.69, 9.17) is 5.11 Å². The van der Waals surface area contributed by atoms with E-state index in [1.165, 1.54) is 0 Å². The van der Waals surface area contributed by atoms with E-state index in [1.54, 1.807) is 18.5 Å². The lowest BCUT2D eigenvalue weighted by molar-refractivity contribution is 0.474. The molecule has 1 aliphatic rings. The highest BCUT2D eigenvalue weighted by Crippen LogP contribution is 2.21. The van der Waals surface area contributed by atoms with Gasteiger partial charge in [0.25, 0.3) is 6.34 Å². The topological polar surface area (TPSA) is 46.4 Å². The number of aliphatic imine (C=N–C) groups is 1. The van der Waals surface area contributed by atoms with E-state index < -0.39 is 0 Å². The van der Waals surface area contributed by atoms with Crippen molar-refractivity contribution in [3.8, 4) is 5.75 Å². The molecule has 1 radical (unpaired) electrons. The van der Waals surface area contributed by atoms with E-state index in [2.05, 4.69) is 10.3 Å². The highest BCUT2D eigenvalue weighted by Gasteiger charge is 2.11. The Morgan fingerprint density at radius 2 is 2.36 bits per heavy atom. The summed E-state index contributed by atoms with van der Waals surface area (Å²) in [5.74, 6) is 0.294. The fraction of sp³-hybridized carbons (Fsp3) is 0.125. The predicted molar refractivity (Wildman–Crippen MR) is 43.6 cm³/mol. The second-order valence-corrected chi connectivity index (χ2v) is 2.46. The van der Waals surface area contributed by atoms with Gasteiger partial charge in [0.1, 0.15) is 11.4 Å². The molecular weight excluding hydrogens is 140 g/mol. The van der Waals surface area contributed by atoms with E-state index >= 15 is 0 Å². The number of hydrogen-bond acceptors (Lipinski definition) is 3. The number of fused-ring (bicyclic) bond motifs is 1. The molecule has 0 saturated heterocycles. The number of benzene rings is 1. The standard InChI is InChI=1S/C8H8N2O/c11-7-1-2-8-6(3-7)4-9-5-10-8/h1-3,5,10-11H,4H2/q+1. The Bertz CT molecular complexity index is 307. The third-order valence-electron chi connectivity index (χ3n) is 1.66. The van der Waals surface area contributed by atoms with Gasteiger partial charge < -0.3 is 5.11 Å². The molecule has 1 heterocycles. The van der Waals surface area contributed by atoms with Gasteiger partial charge in [-0.25, -0.2) is 5.32 Å². The Balaban J connectivity index is 2.48. The van der Waals surface area contributed by atoms with E-state index in [-0.39, 0.29) is 0 Å². The van der Waals surface area contributed by atoms with Gasteiger partial charge in [0.05, 0.1) is 0 Å². The number of rotatable bonds is 0. The number of phenols is 1. The summed E-state index contributed by atoms with van der Waals surface area (Å²) in [4.78, 5) is 4.01. The molecule has 0 amide bonds. The van der Waals surface area contributed by atoms with Crippen LogP contribution in [0.3, 0.4) is 0 Å². The van der Waals surface area contributed by atoms with Crippen molar-refractivity contribution in [2.24, 2.45) is 0 Å². The number of phenolic OH excluding ortho intramolecular Hbond substituents is 1. The lowest BCUT2D eigenvalue weighted by Gasteiger charge is -2.03. The van der Waals surface area contributed by atoms with Crippen LogP contribution in [-0.2, 0) is 6.54 Å². The molecule has 0 aliphatic carbocycles. The van der Waals surface area contributed by atoms with Gasteiger partial charge in [-0.1, -0.05) is 4.99 Å². The molecule has 1 aliphatic heterocycles. The first-order valence-corrected chi connectivity index (χ1v) is 3.43. The van der Waals surface area contributed by atoms with Gasteiger partial charge in [-0.15, -0.1) is 0 Å². The van der Waals surface area contributed by atoms with E-state index in [0.29, 0.717) is 12.3 Å². The molecule has 2 N–H and O–H groups in total. The lowest BCUT2D eigenvalue weighted by atomic mass is 10.1. The number of hydrogen-bond donors (Lipinski definition) is 2. The van der Waals surface area contributed by atoms with E-state index in [1.807, 2.05) is 6.07 Å². The molecule has 0 atom stereocenters. The molecule has 0 bridgehead atoms. The largest absolute Gasteiger partial charge is 0.508 e. The fourth-order valence-corrected chi connectivity index (χ4v) is 1.11. The summed E-state index contributed by atoms with van der Waals surface area (Å²) in [7, 11) is 0. The summed E-state index contributed by atoms with van der Waals surface area (Å²) in [5, 5.41) is 12.1. The van der Waals surface area contributed by atoms with Crippen molar-refractivity contribution >= 4 is 12.0 Å². The van der Waals surface area contributed by atoms with Gasteiger partial charge in [-0.2, -0.15) is 0 Å². The van der Waals surface area contributed by atoms with Crippen LogP contribution in [0.2, 0.25) is 0 Å². The van der Waals surface area contributed by atoms with Crippen LogP contribution in [0.25, 0.3) is 0 Å². The first kappa shape index (κ1) is 6.22. The molecule has 55 valence electrons. The highest BCUT2D eigenvalue weighted by molar-refractivity contribution is 5.78. The molecule has 1 aromatic rings. The number of anilines is 1. The Labute approximate surface area is 64.4 Å². The van der Waals surface area contributed by atoms with Gasteiger partial charge >= 0.3 is 0 Å². The molecule has 0 unspecified atom stereocenters. The third-order valence-corrected chi connectivity index (χ3v) is 1.66. The normalized spacial score (nSPS) is 13.8. The monoisotopic (exact) mass is 148 g/mol. The van der Waals surface area contributed by atoms with Crippen LogP contribution in [0, 0.1) is 0 Å². The Morgan fingerprint density at radius 1 is 1.45 bits per heavy atom. The first-order chi connectivity index (χ1) is 5.36. The summed E-state index contributed by atoms with van der Waals surface area (Å²) >= 11 is 0. The molecule has 11 heavy (non-hydrogen) atoms. The average molecular weight is 148 g/mol. The zero-order valence-corrected chi connectivity index (χ0v) is 5.91. The van der Waals surface area contributed by atoms with Crippen LogP contribution < -0.4 is 10.3 Å². The Kier molecular flexibility index (Phi) is 1.28. The second-order valence-electron chi connectivity index (χ2n) is 2.46. The molecule has 2 rings (SSSR count). The molecule has 3 nitrogen and oxygen atoms in total. The molecule has 0 spiro atoms. The third kappa shape index (κ3) is 1.05. The Hall–Kier alpha value is -1.51. The van der Waals surface area contributed by atoms with Crippen molar-refractivity contribution in [2.45, 2.75) is 6.54 Å². The minimum Gasteiger partial charge on any atom is -0.508 e. The van der Waals surface area contributed by atoms with Crippen molar-refractivity contribution in [3.63, 3.8) is 0 Å². The van der Waals surface area contributed by atoms with Crippen molar-refractivity contribution in [2.75, 3.05) is 5.32 Å². The Morgan fingerprint density at radius 3 is 3.27 bits per heavy atom. The smallest absolute Gasteiger partial charge is 0.278 e. The van der Waals surface area contributed by atoms with Crippen LogP contribution in [0.15, 0.2) is 18.2 Å². The van der Waals surface area contributed by atoms with Gasteiger partial charge in [0, 0.05) is 5.56 Å². The number of nitrogens with one attached hydrogen (secondary N) is 1. The minimum absolute atomic E-state index is 0.294. The maximum atomic E-state index is 9.11. The summed E-state index contributed by atoms with van der Waals surface area (Å²) in [6.07, 6.45) is 1.67. The summed E-state index contributed by atoms with van der Waals surface area (Å²) in [5.41, 5.74) is 2.06. The summed E-state index contributed by atoms with van der Waals surface area (Å²) in [6, 6.07) is 5.22. The SMILES string of the molecule is Oc1ccc2c(c1)C[N+]=CN2. The molecule has 0 saturated carbocycles. The molecule has 0 fully saturated rings. The van der Waals surface area contributed by atoms with Gasteiger partial charge in [0.2, 0.25) is 0 Å². The van der Waals surface area contributed by atoms with E-state index in [0.717, 1.165) is 11.3 Å². The van der Waals surface area contributed by atoms with Crippen molar-refractivity contribution in [1.29, 1.82) is 0 Å². The van der Waals surface area contributed by atoms with Crippen molar-refractivity contribution in [3.05, 3.63) is 23.8 Å². The molecule has 1 aromatic carbocycles. The summed E-state index contributed by atoms with van der Waals surface area (Å²) < 4.78 is 0. The van der Waals surface area contributed by atoms with Gasteiger partial charge in [-0.3, -0.25) is 0 Å². The molecule has 3 heteroatoms. The van der Waals surface area contributed by atoms with Crippen molar-refractivity contribution in [1.82, 2.24) is 4.99 Å². The minimum atomic E-state index is 0.294. The van der Waals surface area contributed by atoms with Crippen LogP contribution in [-0.4, -0.2) is 11.4 Å². The number of nitrogens with zero attached hydrogens (tertiary/aromatic N) is 1. The summed E-state index contributed by atoms with van der Waals surface area (Å²) in [6.45, 7) is 0.650. The zero-order valence-electron chi connectivity index (χ0n) is 5.91. The molecule has 0 aromatic heterocycles.